The molecule has 4 rings (SSSR count). The third-order valence-electron chi connectivity index (χ3n) is 5.60. The van der Waals surface area contributed by atoms with Gasteiger partial charge in [-0.25, -0.2) is 9.78 Å². The van der Waals surface area contributed by atoms with Gasteiger partial charge in [0.05, 0.1) is 28.8 Å². The monoisotopic (exact) mass is 441 g/mol. The van der Waals surface area contributed by atoms with Crippen molar-refractivity contribution in [2.45, 2.75) is 44.9 Å². The fourth-order valence-corrected chi connectivity index (χ4v) is 4.84. The number of alkyl carbamates (subject to hydrolysis) is 1. The first-order chi connectivity index (χ1) is 15.1. The second-order valence-electron chi connectivity index (χ2n) is 7.95. The number of amides is 2. The van der Waals surface area contributed by atoms with Crippen LogP contribution in [0, 0.1) is 5.92 Å². The first kappa shape index (κ1) is 21.3. The number of hydrogen-bond donors (Lipinski definition) is 3. The molecule has 1 aromatic carbocycles. The molecule has 9 heteroatoms. The number of hydrogen-bond acceptors (Lipinski definition) is 6. The van der Waals surface area contributed by atoms with E-state index in [1.54, 1.807) is 16.8 Å². The molecule has 1 aliphatic carbocycles. The second kappa shape index (κ2) is 9.91. The van der Waals surface area contributed by atoms with Gasteiger partial charge in [0.1, 0.15) is 0 Å². The molecule has 0 radical (unpaired) electrons. The van der Waals surface area contributed by atoms with Gasteiger partial charge in [-0.05, 0) is 43.2 Å². The number of carbonyl (C=O) groups is 2. The predicted octanol–water partition coefficient (Wildman–Crippen LogP) is 4.22. The number of nitrogens with zero attached hydrogens (tertiary/aromatic N) is 2. The van der Waals surface area contributed by atoms with Gasteiger partial charge in [0.2, 0.25) is 5.91 Å². The number of benzene rings is 1. The Morgan fingerprint density at radius 1 is 1.32 bits per heavy atom. The Hall–Kier alpha value is -2.94. The van der Waals surface area contributed by atoms with E-state index in [9.17, 15) is 9.59 Å². The predicted molar refractivity (Wildman–Crippen MR) is 120 cm³/mol. The summed E-state index contributed by atoms with van der Waals surface area (Å²) in [4.78, 5) is 28.4. The van der Waals surface area contributed by atoms with Crippen molar-refractivity contribution in [2.75, 3.05) is 18.5 Å². The van der Waals surface area contributed by atoms with Crippen molar-refractivity contribution in [1.82, 2.24) is 20.5 Å². The summed E-state index contributed by atoms with van der Waals surface area (Å²) in [6.07, 6.45) is 3.78. The Morgan fingerprint density at radius 2 is 2.23 bits per heavy atom. The van der Waals surface area contributed by atoms with Gasteiger partial charge >= 0.3 is 6.09 Å². The number of ether oxygens (including phenoxy) is 1. The molecule has 0 spiro atoms. The molecule has 0 bridgehead atoms. The van der Waals surface area contributed by atoms with Crippen molar-refractivity contribution in [2.24, 2.45) is 5.92 Å². The molecule has 2 amide bonds. The van der Waals surface area contributed by atoms with Crippen molar-refractivity contribution < 1.29 is 14.3 Å². The van der Waals surface area contributed by atoms with Gasteiger partial charge in [0.25, 0.3) is 0 Å². The molecule has 31 heavy (non-hydrogen) atoms. The number of H-pyrrole nitrogens is 1. The highest BCUT2D eigenvalue weighted by atomic mass is 32.1. The first-order valence-electron chi connectivity index (χ1n) is 10.7. The zero-order valence-corrected chi connectivity index (χ0v) is 18.3. The maximum Gasteiger partial charge on any atom is 0.407 e. The van der Waals surface area contributed by atoms with Gasteiger partial charge in [0, 0.05) is 24.2 Å². The summed E-state index contributed by atoms with van der Waals surface area (Å²) in [6.45, 7) is 3.07. The van der Waals surface area contributed by atoms with E-state index in [0.29, 0.717) is 30.8 Å². The molecule has 1 unspecified atom stereocenters. The van der Waals surface area contributed by atoms with Crippen LogP contribution in [0.3, 0.4) is 0 Å². The van der Waals surface area contributed by atoms with Crippen molar-refractivity contribution in [1.29, 1.82) is 0 Å². The average molecular weight is 442 g/mol. The molecule has 2 heterocycles. The van der Waals surface area contributed by atoms with Gasteiger partial charge in [0.15, 0.2) is 5.82 Å². The van der Waals surface area contributed by atoms with Crippen LogP contribution < -0.4 is 10.6 Å². The minimum atomic E-state index is -0.342. The molecule has 2 aromatic heterocycles. The maximum absolute atomic E-state index is 12.5. The van der Waals surface area contributed by atoms with Crippen molar-refractivity contribution in [3.05, 3.63) is 41.0 Å². The Kier molecular flexibility index (Phi) is 6.81. The number of nitrogens with one attached hydrogen (secondary N) is 3. The smallest absolute Gasteiger partial charge is 0.407 e. The van der Waals surface area contributed by atoms with Gasteiger partial charge < -0.3 is 15.4 Å². The van der Waals surface area contributed by atoms with E-state index in [1.165, 1.54) is 0 Å². The van der Waals surface area contributed by atoms with Crippen LogP contribution in [0.4, 0.5) is 10.6 Å². The molecule has 1 saturated carbocycles. The fourth-order valence-electron chi connectivity index (χ4n) is 4.03. The highest BCUT2D eigenvalue weighted by Crippen LogP contribution is 2.38. The molecule has 0 saturated heterocycles. The lowest BCUT2D eigenvalue weighted by molar-refractivity contribution is -0.115. The third-order valence-corrected chi connectivity index (χ3v) is 6.52. The van der Waals surface area contributed by atoms with E-state index >= 15 is 0 Å². The molecular weight excluding hydrogens is 414 g/mol. The van der Waals surface area contributed by atoms with Crippen molar-refractivity contribution >= 4 is 39.4 Å². The fraction of sp³-hybridized carbons (Fsp3) is 0.455. The van der Waals surface area contributed by atoms with Gasteiger partial charge in [-0.3, -0.25) is 9.89 Å². The summed E-state index contributed by atoms with van der Waals surface area (Å²) in [6, 6.07) is 7.74. The summed E-state index contributed by atoms with van der Waals surface area (Å²) >= 11 is 1.54. The highest BCUT2D eigenvalue weighted by Gasteiger charge is 2.28. The quantitative estimate of drug-likeness (QED) is 0.485. The van der Waals surface area contributed by atoms with Crippen LogP contribution in [0.5, 0.6) is 0 Å². The Bertz CT molecular complexity index is 1050. The Balaban J connectivity index is 1.27. The van der Waals surface area contributed by atoms with E-state index in [1.807, 2.05) is 31.2 Å². The average Bonchev–Trinajstić information content (AvgIpc) is 3.51. The first-order valence-corrected chi connectivity index (χ1v) is 11.6. The summed E-state index contributed by atoms with van der Waals surface area (Å²) in [7, 11) is 0. The van der Waals surface area contributed by atoms with Gasteiger partial charge in [-0.2, -0.15) is 5.10 Å². The van der Waals surface area contributed by atoms with Crippen molar-refractivity contribution in [3.63, 3.8) is 0 Å². The summed E-state index contributed by atoms with van der Waals surface area (Å²) in [5, 5.41) is 12.9. The number of fused-ring (bicyclic) bond motifs is 1. The van der Waals surface area contributed by atoms with E-state index < -0.39 is 0 Å². The Morgan fingerprint density at radius 3 is 3.10 bits per heavy atom. The van der Waals surface area contributed by atoms with Crippen LogP contribution in [0.25, 0.3) is 10.2 Å². The minimum Gasteiger partial charge on any atom is -0.449 e. The van der Waals surface area contributed by atoms with Crippen LogP contribution in [0.1, 0.15) is 49.8 Å². The lowest BCUT2D eigenvalue weighted by Crippen LogP contribution is -2.26. The lowest BCUT2D eigenvalue weighted by Gasteiger charge is -2.11. The molecule has 8 nitrogen and oxygen atoms in total. The van der Waals surface area contributed by atoms with Crippen LogP contribution in [0.15, 0.2) is 29.8 Å². The third kappa shape index (κ3) is 5.41. The molecule has 3 N–H and O–H groups in total. The van der Waals surface area contributed by atoms with E-state index in [-0.39, 0.29) is 18.4 Å². The number of aromatic amines is 1. The van der Waals surface area contributed by atoms with Crippen LogP contribution in [0.2, 0.25) is 0 Å². The highest BCUT2D eigenvalue weighted by molar-refractivity contribution is 7.17. The standard InChI is InChI=1S/C22H27N5O3S/c1-2-8-23-22(29)30-12-14-6-7-15(9-14)18-11-19(27-26-18)25-20(28)10-16-4-3-5-17-21(16)31-13-24-17/h3-5,11,13-15H,2,6-10,12H2,1H3,(H,23,29)(H2,25,26,27,28)/t14?,15-/m0/s1. The van der Waals surface area contributed by atoms with E-state index in [2.05, 4.69) is 25.8 Å². The maximum atomic E-state index is 12.5. The number of rotatable bonds is 8. The molecule has 164 valence electrons. The zero-order chi connectivity index (χ0) is 21.6. The molecule has 1 fully saturated rings. The normalized spacial score (nSPS) is 18.2. The zero-order valence-electron chi connectivity index (χ0n) is 17.5. The van der Waals surface area contributed by atoms with Crippen LogP contribution >= 0.6 is 11.3 Å². The lowest BCUT2D eigenvalue weighted by atomic mass is 10.0. The topological polar surface area (TPSA) is 109 Å². The molecule has 1 aliphatic rings. The Labute approximate surface area is 184 Å². The minimum absolute atomic E-state index is 0.102. The summed E-state index contributed by atoms with van der Waals surface area (Å²) in [5.41, 5.74) is 4.69. The SMILES string of the molecule is CCCNC(=O)OCC1CC[C@H](c2cc(NC(=O)Cc3cccc4ncsc34)n[nH]2)C1. The number of carbonyl (C=O) groups excluding carboxylic acids is 2. The molecular formula is C22H27N5O3S. The molecule has 2 atom stereocenters. The summed E-state index contributed by atoms with van der Waals surface area (Å²) in [5.74, 6) is 1.11. The van der Waals surface area contributed by atoms with Crippen LogP contribution in [-0.4, -0.2) is 40.3 Å². The largest absolute Gasteiger partial charge is 0.449 e. The number of thiazole rings is 1. The van der Waals surface area contributed by atoms with Gasteiger partial charge in [-0.15, -0.1) is 11.3 Å². The van der Waals surface area contributed by atoms with E-state index in [4.69, 9.17) is 4.74 Å². The number of aromatic nitrogens is 3. The van der Waals surface area contributed by atoms with Crippen LogP contribution in [-0.2, 0) is 16.0 Å². The molecule has 0 aliphatic heterocycles. The molecule has 3 aromatic rings. The second-order valence-corrected chi connectivity index (χ2v) is 8.81. The van der Waals surface area contributed by atoms with E-state index in [0.717, 1.165) is 47.2 Å². The summed E-state index contributed by atoms with van der Waals surface area (Å²) < 4.78 is 6.36. The number of anilines is 1. The van der Waals surface area contributed by atoms with Gasteiger partial charge in [-0.1, -0.05) is 19.1 Å². The van der Waals surface area contributed by atoms with Crippen molar-refractivity contribution in [3.8, 4) is 0 Å².